The molecule has 0 heterocycles. The fourth-order valence-corrected chi connectivity index (χ4v) is 1.99. The van der Waals surface area contributed by atoms with Crippen LogP contribution in [-0.2, 0) is 6.42 Å². The number of rotatable bonds is 0. The monoisotopic (exact) mass is 146 g/mol. The van der Waals surface area contributed by atoms with Crippen molar-refractivity contribution < 1.29 is 0 Å². The Morgan fingerprint density at radius 2 is 1.91 bits per heavy atom. The number of hydrogen-bond acceptors (Lipinski definition) is 0. The number of fused-ring (bicyclic) bond motifs is 1. The minimum atomic E-state index is 0.770. The van der Waals surface area contributed by atoms with E-state index in [1.54, 1.807) is 11.1 Å². The molecule has 0 amide bonds. The smallest absolute Gasteiger partial charge is 0.0159 e. The molecule has 0 fully saturated rings. The van der Waals surface area contributed by atoms with Gasteiger partial charge in [-0.05, 0) is 29.4 Å². The first kappa shape index (κ1) is 6.90. The molecule has 2 atom stereocenters. The van der Waals surface area contributed by atoms with E-state index in [4.69, 9.17) is 0 Å². The summed E-state index contributed by atoms with van der Waals surface area (Å²) in [5.41, 5.74) is 3.13. The zero-order chi connectivity index (χ0) is 7.84. The summed E-state index contributed by atoms with van der Waals surface area (Å²) in [6, 6.07) is 8.82. The summed E-state index contributed by atoms with van der Waals surface area (Å²) in [4.78, 5) is 0. The number of hydrogen-bond donors (Lipinski definition) is 0. The Kier molecular flexibility index (Phi) is 1.49. The van der Waals surface area contributed by atoms with E-state index in [0.717, 1.165) is 11.8 Å². The van der Waals surface area contributed by atoms with Gasteiger partial charge in [-0.2, -0.15) is 0 Å². The van der Waals surface area contributed by atoms with E-state index in [9.17, 15) is 0 Å². The highest BCUT2D eigenvalue weighted by Gasteiger charge is 2.24. The largest absolute Gasteiger partial charge is 0.0620 e. The molecule has 0 saturated heterocycles. The van der Waals surface area contributed by atoms with Crippen LogP contribution >= 0.6 is 0 Å². The van der Waals surface area contributed by atoms with E-state index in [1.807, 2.05) is 0 Å². The summed E-state index contributed by atoms with van der Waals surface area (Å²) >= 11 is 0. The Labute approximate surface area is 68.3 Å². The van der Waals surface area contributed by atoms with Gasteiger partial charge in [-0.3, -0.25) is 0 Å². The van der Waals surface area contributed by atoms with Crippen molar-refractivity contribution >= 4 is 0 Å². The third kappa shape index (κ3) is 0.973. The van der Waals surface area contributed by atoms with Crippen LogP contribution in [0.1, 0.15) is 30.9 Å². The first-order valence-electron chi connectivity index (χ1n) is 4.37. The molecular weight excluding hydrogens is 132 g/mol. The van der Waals surface area contributed by atoms with Gasteiger partial charge in [-0.1, -0.05) is 38.1 Å². The molecule has 2 rings (SSSR count). The zero-order valence-corrected chi connectivity index (χ0v) is 7.17. The third-order valence-corrected chi connectivity index (χ3v) is 2.94. The third-order valence-electron chi connectivity index (χ3n) is 2.94. The molecule has 0 heteroatoms. The normalized spacial score (nSPS) is 28.5. The molecule has 1 aliphatic carbocycles. The zero-order valence-electron chi connectivity index (χ0n) is 7.17. The van der Waals surface area contributed by atoms with E-state index in [0.29, 0.717) is 0 Å². The van der Waals surface area contributed by atoms with Crippen molar-refractivity contribution in [3.63, 3.8) is 0 Å². The predicted molar refractivity (Wildman–Crippen MR) is 47.7 cm³/mol. The van der Waals surface area contributed by atoms with Gasteiger partial charge in [0.15, 0.2) is 0 Å². The standard InChI is InChI=1S/C11H14/c1-8-7-10-5-3-4-6-11(10)9(8)2/h3-6,8-9H,7H2,1-2H3/t8?,9-/m0/s1. The Bertz CT molecular complexity index is 262. The second-order valence-corrected chi connectivity index (χ2v) is 3.67. The minimum Gasteiger partial charge on any atom is -0.0620 e. The molecule has 0 bridgehead atoms. The molecule has 0 nitrogen and oxygen atoms in total. The molecule has 1 aliphatic rings. The second kappa shape index (κ2) is 2.37. The van der Waals surface area contributed by atoms with E-state index in [2.05, 4.69) is 38.1 Å². The molecule has 11 heavy (non-hydrogen) atoms. The van der Waals surface area contributed by atoms with Gasteiger partial charge >= 0.3 is 0 Å². The maximum atomic E-state index is 2.34. The van der Waals surface area contributed by atoms with Gasteiger partial charge in [0, 0.05) is 0 Å². The van der Waals surface area contributed by atoms with Crippen molar-refractivity contribution in [3.05, 3.63) is 35.4 Å². The van der Waals surface area contributed by atoms with Crippen LogP contribution in [0.3, 0.4) is 0 Å². The molecule has 0 N–H and O–H groups in total. The molecule has 0 radical (unpaired) electrons. The van der Waals surface area contributed by atoms with Gasteiger partial charge in [-0.25, -0.2) is 0 Å². The highest BCUT2D eigenvalue weighted by Crippen LogP contribution is 2.36. The van der Waals surface area contributed by atoms with Crippen molar-refractivity contribution in [2.45, 2.75) is 26.2 Å². The van der Waals surface area contributed by atoms with Gasteiger partial charge < -0.3 is 0 Å². The Balaban J connectivity index is 2.47. The maximum Gasteiger partial charge on any atom is -0.0159 e. The van der Waals surface area contributed by atoms with Crippen molar-refractivity contribution in [1.29, 1.82) is 0 Å². The highest BCUT2D eigenvalue weighted by molar-refractivity contribution is 5.35. The molecule has 0 saturated carbocycles. The van der Waals surface area contributed by atoms with E-state index < -0.39 is 0 Å². The first-order valence-corrected chi connectivity index (χ1v) is 4.37. The summed E-state index contributed by atoms with van der Waals surface area (Å²) in [7, 11) is 0. The lowest BCUT2D eigenvalue weighted by atomic mass is 9.97. The fraction of sp³-hybridized carbons (Fsp3) is 0.455. The average Bonchev–Trinajstić information content (AvgIpc) is 2.30. The van der Waals surface area contributed by atoms with Crippen LogP contribution in [0.5, 0.6) is 0 Å². The van der Waals surface area contributed by atoms with Crippen LogP contribution in [0, 0.1) is 5.92 Å². The summed E-state index contributed by atoms with van der Waals surface area (Å²) in [6.45, 7) is 4.67. The predicted octanol–water partition coefficient (Wildman–Crippen LogP) is 2.98. The topological polar surface area (TPSA) is 0 Å². The van der Waals surface area contributed by atoms with Gasteiger partial charge in [-0.15, -0.1) is 0 Å². The lowest BCUT2D eigenvalue weighted by Crippen LogP contribution is -1.97. The van der Waals surface area contributed by atoms with Crippen LogP contribution in [-0.4, -0.2) is 0 Å². The summed E-state index contributed by atoms with van der Waals surface area (Å²) in [5, 5.41) is 0. The Hall–Kier alpha value is -0.780. The second-order valence-electron chi connectivity index (χ2n) is 3.67. The summed E-state index contributed by atoms with van der Waals surface area (Å²) in [5.74, 6) is 1.61. The van der Waals surface area contributed by atoms with Crippen LogP contribution in [0.2, 0.25) is 0 Å². The molecule has 58 valence electrons. The molecule has 1 unspecified atom stereocenters. The maximum absolute atomic E-state index is 2.34. The molecule has 0 aromatic heterocycles. The lowest BCUT2D eigenvalue weighted by molar-refractivity contribution is 0.532. The highest BCUT2D eigenvalue weighted by atomic mass is 14.3. The van der Waals surface area contributed by atoms with Gasteiger partial charge in [0.1, 0.15) is 0 Å². The van der Waals surface area contributed by atoms with Crippen LogP contribution in [0.25, 0.3) is 0 Å². The van der Waals surface area contributed by atoms with E-state index in [1.165, 1.54) is 6.42 Å². The lowest BCUT2D eigenvalue weighted by Gasteiger charge is -2.08. The quantitative estimate of drug-likeness (QED) is 0.528. The SMILES string of the molecule is CC1Cc2ccccc2[C@H]1C. The number of benzene rings is 1. The van der Waals surface area contributed by atoms with Crippen LogP contribution < -0.4 is 0 Å². The van der Waals surface area contributed by atoms with Crippen LogP contribution in [0.4, 0.5) is 0 Å². The average molecular weight is 146 g/mol. The van der Waals surface area contributed by atoms with Crippen LogP contribution in [0.15, 0.2) is 24.3 Å². The van der Waals surface area contributed by atoms with Gasteiger partial charge in [0.25, 0.3) is 0 Å². The molecule has 1 aromatic rings. The fourth-order valence-electron chi connectivity index (χ4n) is 1.99. The van der Waals surface area contributed by atoms with E-state index >= 15 is 0 Å². The minimum absolute atomic E-state index is 0.770. The van der Waals surface area contributed by atoms with E-state index in [-0.39, 0.29) is 0 Å². The Morgan fingerprint density at radius 3 is 2.64 bits per heavy atom. The van der Waals surface area contributed by atoms with Crippen molar-refractivity contribution in [2.75, 3.05) is 0 Å². The first-order chi connectivity index (χ1) is 5.29. The van der Waals surface area contributed by atoms with Crippen molar-refractivity contribution in [2.24, 2.45) is 5.92 Å². The summed E-state index contributed by atoms with van der Waals surface area (Å²) in [6.07, 6.45) is 1.28. The Morgan fingerprint density at radius 1 is 1.18 bits per heavy atom. The van der Waals surface area contributed by atoms with Crippen molar-refractivity contribution in [1.82, 2.24) is 0 Å². The molecule has 0 spiro atoms. The summed E-state index contributed by atoms with van der Waals surface area (Å²) < 4.78 is 0. The van der Waals surface area contributed by atoms with Crippen molar-refractivity contribution in [3.8, 4) is 0 Å². The van der Waals surface area contributed by atoms with Gasteiger partial charge in [0.05, 0.1) is 0 Å². The molecule has 0 aliphatic heterocycles. The molecule has 1 aromatic carbocycles. The van der Waals surface area contributed by atoms with Gasteiger partial charge in [0.2, 0.25) is 0 Å². The molecular formula is C11H14.